The predicted molar refractivity (Wildman–Crippen MR) is 95.6 cm³/mol. The Labute approximate surface area is 172 Å². The van der Waals surface area contributed by atoms with E-state index in [0.717, 1.165) is 23.1 Å². The number of hydrogen-bond donors (Lipinski definition) is 2. The van der Waals surface area contributed by atoms with Crippen LogP contribution in [0.5, 0.6) is 0 Å². The Morgan fingerprint density at radius 1 is 1.20 bits per heavy atom. The van der Waals surface area contributed by atoms with Crippen molar-refractivity contribution in [3.8, 4) is 0 Å². The number of nitrogens with zero attached hydrogens (tertiary/aromatic N) is 2. The number of nitrogens with one attached hydrogen (secondary N) is 2. The summed E-state index contributed by atoms with van der Waals surface area (Å²) >= 11 is 5.65. The van der Waals surface area contributed by atoms with Gasteiger partial charge in [-0.2, -0.15) is 13.2 Å². The summed E-state index contributed by atoms with van der Waals surface area (Å²) in [5, 5.41) is 4.72. The van der Waals surface area contributed by atoms with Crippen LogP contribution in [0.15, 0.2) is 30.3 Å². The number of pyridine rings is 1. The Hall–Kier alpha value is -2.95. The lowest BCUT2D eigenvalue weighted by atomic mass is 10.0. The highest BCUT2D eigenvalue weighted by molar-refractivity contribution is 6.30. The van der Waals surface area contributed by atoms with E-state index >= 15 is 0 Å². The Balaban J connectivity index is 2.01. The number of alkyl halides is 3. The van der Waals surface area contributed by atoms with E-state index in [9.17, 15) is 31.5 Å². The third-order valence-electron chi connectivity index (χ3n) is 4.30. The molecule has 0 bridgehead atoms. The molecule has 1 atom stereocenters. The van der Waals surface area contributed by atoms with E-state index < -0.39 is 41.5 Å². The lowest BCUT2D eigenvalue weighted by Crippen LogP contribution is -2.53. The van der Waals surface area contributed by atoms with E-state index in [2.05, 4.69) is 15.6 Å². The number of amides is 3. The van der Waals surface area contributed by atoms with Gasteiger partial charge in [0.15, 0.2) is 11.5 Å². The molecular formula is C18H14ClF5N4O2. The highest BCUT2D eigenvalue weighted by Gasteiger charge is 2.37. The van der Waals surface area contributed by atoms with E-state index in [1.54, 1.807) is 0 Å². The maximum Gasteiger partial charge on any atom is 0.436 e. The number of benzene rings is 1. The molecule has 1 aliphatic heterocycles. The summed E-state index contributed by atoms with van der Waals surface area (Å²) in [5.41, 5.74) is -2.12. The monoisotopic (exact) mass is 448 g/mol. The Morgan fingerprint density at radius 2 is 1.93 bits per heavy atom. The molecule has 1 aliphatic rings. The van der Waals surface area contributed by atoms with E-state index in [-0.39, 0.29) is 35.9 Å². The molecule has 0 saturated carbocycles. The second kappa shape index (κ2) is 8.42. The summed E-state index contributed by atoms with van der Waals surface area (Å²) in [7, 11) is 0. The first-order valence-corrected chi connectivity index (χ1v) is 8.95. The van der Waals surface area contributed by atoms with Crippen LogP contribution in [0.3, 0.4) is 0 Å². The third kappa shape index (κ3) is 4.78. The van der Waals surface area contributed by atoms with Crippen LogP contribution in [-0.2, 0) is 11.0 Å². The molecule has 1 aromatic heterocycles. The maximum absolute atomic E-state index is 14.0. The Bertz CT molecular complexity index is 986. The third-order valence-corrected chi connectivity index (χ3v) is 4.61. The molecule has 160 valence electrons. The fraction of sp³-hybridized carbons (Fsp3) is 0.278. The molecule has 12 heteroatoms. The van der Waals surface area contributed by atoms with E-state index in [1.807, 2.05) is 0 Å². The van der Waals surface area contributed by atoms with Crippen molar-refractivity contribution in [1.82, 2.24) is 20.5 Å². The van der Waals surface area contributed by atoms with Crippen molar-refractivity contribution in [1.29, 1.82) is 0 Å². The number of rotatable bonds is 3. The molecule has 2 N–H and O–H groups in total. The summed E-state index contributed by atoms with van der Waals surface area (Å²) in [6.07, 6.45) is -5.08. The standard InChI is InChI=1S/C18H14ClF5N4O2/c19-10-2-1-9(7-12(10)21)15(27-17(30)28-6-5-25-14(29)8-28)13-4-3-11(20)16(26-13)18(22,23)24/h1-4,7,15H,5-6,8H2,(H,25,29)(H,27,30)/t15-/m0/s1. The van der Waals surface area contributed by atoms with Gasteiger partial charge in [-0.15, -0.1) is 0 Å². The summed E-state index contributed by atoms with van der Waals surface area (Å²) in [5.74, 6) is -2.88. The summed E-state index contributed by atoms with van der Waals surface area (Å²) < 4.78 is 66.9. The zero-order valence-electron chi connectivity index (χ0n) is 15.1. The first-order valence-electron chi connectivity index (χ1n) is 8.57. The first-order chi connectivity index (χ1) is 14.1. The van der Waals surface area contributed by atoms with Gasteiger partial charge < -0.3 is 15.5 Å². The number of hydrogen-bond acceptors (Lipinski definition) is 3. The topological polar surface area (TPSA) is 74.3 Å². The number of urea groups is 1. The van der Waals surface area contributed by atoms with Crippen LogP contribution in [0.4, 0.5) is 26.7 Å². The molecule has 1 fully saturated rings. The van der Waals surface area contributed by atoms with Gasteiger partial charge in [-0.1, -0.05) is 17.7 Å². The van der Waals surface area contributed by atoms with Gasteiger partial charge in [0.2, 0.25) is 5.91 Å². The Morgan fingerprint density at radius 3 is 2.57 bits per heavy atom. The molecule has 6 nitrogen and oxygen atoms in total. The molecule has 0 radical (unpaired) electrons. The molecule has 3 rings (SSSR count). The molecule has 3 amide bonds. The quantitative estimate of drug-likeness (QED) is 0.708. The zero-order valence-corrected chi connectivity index (χ0v) is 15.8. The van der Waals surface area contributed by atoms with Crippen molar-refractivity contribution < 1.29 is 31.5 Å². The fourth-order valence-electron chi connectivity index (χ4n) is 2.86. The van der Waals surface area contributed by atoms with Crippen molar-refractivity contribution in [2.75, 3.05) is 19.6 Å². The second-order valence-corrected chi connectivity index (χ2v) is 6.80. The smallest absolute Gasteiger partial charge is 0.353 e. The van der Waals surface area contributed by atoms with Crippen LogP contribution >= 0.6 is 11.6 Å². The minimum Gasteiger partial charge on any atom is -0.353 e. The van der Waals surface area contributed by atoms with Crippen molar-refractivity contribution in [2.24, 2.45) is 0 Å². The lowest BCUT2D eigenvalue weighted by molar-refractivity contribution is -0.143. The molecule has 1 aromatic carbocycles. The first kappa shape index (κ1) is 21.8. The molecule has 0 aliphatic carbocycles. The van der Waals surface area contributed by atoms with Gasteiger partial charge in [-0.05, 0) is 29.8 Å². The van der Waals surface area contributed by atoms with Crippen molar-refractivity contribution in [3.05, 3.63) is 63.9 Å². The van der Waals surface area contributed by atoms with Crippen LogP contribution in [0.1, 0.15) is 23.0 Å². The van der Waals surface area contributed by atoms with Gasteiger partial charge in [0.1, 0.15) is 12.4 Å². The molecule has 2 heterocycles. The van der Waals surface area contributed by atoms with Gasteiger partial charge in [-0.25, -0.2) is 18.6 Å². The number of piperazine rings is 1. The highest BCUT2D eigenvalue weighted by atomic mass is 35.5. The van der Waals surface area contributed by atoms with E-state index in [4.69, 9.17) is 11.6 Å². The normalized spacial score (nSPS) is 15.5. The van der Waals surface area contributed by atoms with Gasteiger partial charge in [0, 0.05) is 13.1 Å². The number of halogens is 6. The van der Waals surface area contributed by atoms with Crippen LogP contribution in [0, 0.1) is 11.6 Å². The lowest BCUT2D eigenvalue weighted by Gasteiger charge is -2.29. The van der Waals surface area contributed by atoms with Gasteiger partial charge in [0.05, 0.1) is 16.8 Å². The number of aromatic nitrogens is 1. The maximum atomic E-state index is 14.0. The molecule has 0 unspecified atom stereocenters. The molecule has 1 saturated heterocycles. The van der Waals surface area contributed by atoms with Crippen LogP contribution < -0.4 is 10.6 Å². The van der Waals surface area contributed by atoms with Crippen molar-refractivity contribution in [3.63, 3.8) is 0 Å². The van der Waals surface area contributed by atoms with Gasteiger partial charge in [0.25, 0.3) is 0 Å². The van der Waals surface area contributed by atoms with E-state index in [0.29, 0.717) is 6.07 Å². The summed E-state index contributed by atoms with van der Waals surface area (Å²) in [6, 6.07) is 2.73. The number of carbonyl (C=O) groups is 2. The molecule has 2 aromatic rings. The minimum absolute atomic E-state index is 0.0268. The average molecular weight is 449 g/mol. The average Bonchev–Trinajstić information content (AvgIpc) is 2.68. The molecule has 30 heavy (non-hydrogen) atoms. The second-order valence-electron chi connectivity index (χ2n) is 6.39. The van der Waals surface area contributed by atoms with Crippen LogP contribution in [-0.4, -0.2) is 41.5 Å². The largest absolute Gasteiger partial charge is 0.436 e. The zero-order chi connectivity index (χ0) is 22.1. The van der Waals surface area contributed by atoms with Crippen molar-refractivity contribution >= 4 is 23.5 Å². The summed E-state index contributed by atoms with van der Waals surface area (Å²) in [4.78, 5) is 28.5. The minimum atomic E-state index is -5.08. The van der Waals surface area contributed by atoms with Gasteiger partial charge >= 0.3 is 12.2 Å². The number of carbonyl (C=O) groups excluding carboxylic acids is 2. The molecular weight excluding hydrogens is 435 g/mol. The summed E-state index contributed by atoms with van der Waals surface area (Å²) in [6.45, 7) is 0.0849. The van der Waals surface area contributed by atoms with Crippen LogP contribution in [0.25, 0.3) is 0 Å². The van der Waals surface area contributed by atoms with Gasteiger partial charge in [-0.3, -0.25) is 4.79 Å². The predicted octanol–water partition coefficient (Wildman–Crippen LogP) is 3.26. The highest BCUT2D eigenvalue weighted by Crippen LogP contribution is 2.32. The SMILES string of the molecule is O=C1CN(C(=O)N[C@@H](c2ccc(Cl)c(F)c2)c2ccc(F)c(C(F)(F)F)n2)CCN1. The fourth-order valence-corrected chi connectivity index (χ4v) is 2.98. The van der Waals surface area contributed by atoms with Crippen LogP contribution in [0.2, 0.25) is 5.02 Å². The molecule has 0 spiro atoms. The van der Waals surface area contributed by atoms with E-state index in [1.165, 1.54) is 6.07 Å². The Kier molecular flexibility index (Phi) is 6.11. The van der Waals surface area contributed by atoms with Crippen molar-refractivity contribution in [2.45, 2.75) is 12.2 Å².